The van der Waals surface area contributed by atoms with Crippen LogP contribution in [0.3, 0.4) is 0 Å². The summed E-state index contributed by atoms with van der Waals surface area (Å²) in [5.41, 5.74) is 0. The van der Waals surface area contributed by atoms with Crippen LogP contribution in [-0.4, -0.2) is 38.5 Å². The fourth-order valence-electron chi connectivity index (χ4n) is 2.34. The van der Waals surface area contributed by atoms with Gasteiger partial charge in [0, 0.05) is 25.8 Å². The first-order chi connectivity index (χ1) is 6.81. The second-order valence-electron chi connectivity index (χ2n) is 4.59. The third-order valence-electron chi connectivity index (χ3n) is 3.14. The lowest BCUT2D eigenvalue weighted by atomic mass is 10.1. The Bertz CT molecular complexity index is 182. The predicted octanol–water partition coefficient (Wildman–Crippen LogP) is 1.18. The minimum atomic E-state index is 0.438. The minimum Gasteiger partial charge on any atom is -0.383 e. The summed E-state index contributed by atoms with van der Waals surface area (Å²) in [6, 6.07) is 1.00. The van der Waals surface area contributed by atoms with Gasteiger partial charge in [-0.2, -0.15) is 0 Å². The largest absolute Gasteiger partial charge is 0.383 e. The molecule has 0 amide bonds. The second-order valence-corrected chi connectivity index (χ2v) is 4.59. The molecule has 2 rings (SSSR count). The van der Waals surface area contributed by atoms with Gasteiger partial charge in [0.25, 0.3) is 0 Å². The van der Waals surface area contributed by atoms with Gasteiger partial charge in [0.2, 0.25) is 0 Å². The minimum absolute atomic E-state index is 0.438. The van der Waals surface area contributed by atoms with Crippen molar-refractivity contribution in [2.75, 3.05) is 20.3 Å². The SMILES string of the molecule is COCC(C)NC1CCOC1C1CC1. The lowest BCUT2D eigenvalue weighted by Gasteiger charge is -2.23. The van der Waals surface area contributed by atoms with E-state index in [1.54, 1.807) is 7.11 Å². The van der Waals surface area contributed by atoms with E-state index in [1.807, 2.05) is 0 Å². The highest BCUT2D eigenvalue weighted by atomic mass is 16.5. The number of methoxy groups -OCH3 is 1. The molecule has 1 aliphatic carbocycles. The first-order valence-electron chi connectivity index (χ1n) is 5.68. The monoisotopic (exact) mass is 199 g/mol. The molecule has 1 saturated heterocycles. The molecule has 1 N–H and O–H groups in total. The molecule has 3 heteroatoms. The summed E-state index contributed by atoms with van der Waals surface area (Å²) in [7, 11) is 1.75. The molecular weight excluding hydrogens is 178 g/mol. The molecule has 0 bridgehead atoms. The van der Waals surface area contributed by atoms with Crippen molar-refractivity contribution < 1.29 is 9.47 Å². The van der Waals surface area contributed by atoms with E-state index in [9.17, 15) is 0 Å². The van der Waals surface area contributed by atoms with Crippen LogP contribution < -0.4 is 5.32 Å². The molecule has 14 heavy (non-hydrogen) atoms. The fraction of sp³-hybridized carbons (Fsp3) is 1.00. The molecular formula is C11H21NO2. The lowest BCUT2D eigenvalue weighted by Crippen LogP contribution is -2.44. The topological polar surface area (TPSA) is 30.5 Å². The first kappa shape index (κ1) is 10.4. The zero-order chi connectivity index (χ0) is 9.97. The molecule has 0 spiro atoms. The number of hydrogen-bond donors (Lipinski definition) is 1. The van der Waals surface area contributed by atoms with Gasteiger partial charge < -0.3 is 14.8 Å². The lowest BCUT2D eigenvalue weighted by molar-refractivity contribution is 0.0751. The van der Waals surface area contributed by atoms with Crippen LogP contribution in [0.5, 0.6) is 0 Å². The van der Waals surface area contributed by atoms with Crippen molar-refractivity contribution in [3.63, 3.8) is 0 Å². The summed E-state index contributed by atoms with van der Waals surface area (Å²) in [6.07, 6.45) is 4.37. The molecule has 3 atom stereocenters. The third-order valence-corrected chi connectivity index (χ3v) is 3.14. The Morgan fingerprint density at radius 3 is 2.86 bits per heavy atom. The maximum Gasteiger partial charge on any atom is 0.0757 e. The van der Waals surface area contributed by atoms with Gasteiger partial charge in [0.1, 0.15) is 0 Å². The zero-order valence-corrected chi connectivity index (χ0v) is 9.16. The van der Waals surface area contributed by atoms with Gasteiger partial charge in [-0.3, -0.25) is 0 Å². The van der Waals surface area contributed by atoms with Gasteiger partial charge in [0.15, 0.2) is 0 Å². The number of nitrogens with one attached hydrogen (secondary N) is 1. The maximum atomic E-state index is 5.77. The summed E-state index contributed by atoms with van der Waals surface area (Å²) in [6.45, 7) is 3.89. The Hall–Kier alpha value is -0.120. The van der Waals surface area contributed by atoms with Crippen molar-refractivity contribution in [1.82, 2.24) is 5.32 Å². The smallest absolute Gasteiger partial charge is 0.0757 e. The van der Waals surface area contributed by atoms with Crippen LogP contribution in [0, 0.1) is 5.92 Å². The Balaban J connectivity index is 1.77. The van der Waals surface area contributed by atoms with Crippen molar-refractivity contribution in [2.24, 2.45) is 5.92 Å². The third kappa shape index (κ3) is 2.47. The average Bonchev–Trinajstić information content (AvgIpc) is 2.89. The number of ether oxygens (including phenoxy) is 2. The molecule has 3 unspecified atom stereocenters. The molecule has 3 nitrogen and oxygen atoms in total. The van der Waals surface area contributed by atoms with E-state index in [2.05, 4.69) is 12.2 Å². The molecule has 1 saturated carbocycles. The quantitative estimate of drug-likeness (QED) is 0.721. The van der Waals surface area contributed by atoms with E-state index >= 15 is 0 Å². The summed E-state index contributed by atoms with van der Waals surface area (Å²) in [5.74, 6) is 0.838. The van der Waals surface area contributed by atoms with E-state index in [0.29, 0.717) is 18.2 Å². The van der Waals surface area contributed by atoms with Gasteiger partial charge in [-0.25, -0.2) is 0 Å². The highest BCUT2D eigenvalue weighted by Gasteiger charge is 2.40. The van der Waals surface area contributed by atoms with Crippen molar-refractivity contribution >= 4 is 0 Å². The maximum absolute atomic E-state index is 5.77. The van der Waals surface area contributed by atoms with Crippen LogP contribution in [0.4, 0.5) is 0 Å². The highest BCUT2D eigenvalue weighted by molar-refractivity contribution is 4.94. The van der Waals surface area contributed by atoms with Crippen LogP contribution in [0.2, 0.25) is 0 Å². The van der Waals surface area contributed by atoms with Gasteiger partial charge in [-0.05, 0) is 32.1 Å². The summed E-state index contributed by atoms with van der Waals surface area (Å²) >= 11 is 0. The number of hydrogen-bond acceptors (Lipinski definition) is 3. The molecule has 0 radical (unpaired) electrons. The molecule has 0 aromatic heterocycles. The standard InChI is InChI=1S/C11H21NO2/c1-8(7-13-2)12-10-5-6-14-11(10)9-3-4-9/h8-12H,3-7H2,1-2H3. The molecule has 0 aromatic carbocycles. The van der Waals surface area contributed by atoms with Crippen molar-refractivity contribution in [3.8, 4) is 0 Å². The van der Waals surface area contributed by atoms with Crippen molar-refractivity contribution in [3.05, 3.63) is 0 Å². The van der Waals surface area contributed by atoms with Gasteiger partial charge in [0.05, 0.1) is 12.7 Å². The van der Waals surface area contributed by atoms with Crippen molar-refractivity contribution in [1.29, 1.82) is 0 Å². The van der Waals surface area contributed by atoms with Gasteiger partial charge >= 0.3 is 0 Å². The van der Waals surface area contributed by atoms with Gasteiger partial charge in [-0.15, -0.1) is 0 Å². The second kappa shape index (κ2) is 4.60. The highest BCUT2D eigenvalue weighted by Crippen LogP contribution is 2.38. The first-order valence-corrected chi connectivity index (χ1v) is 5.68. The van der Waals surface area contributed by atoms with Crippen LogP contribution in [0.1, 0.15) is 26.2 Å². The summed E-state index contributed by atoms with van der Waals surface area (Å²) in [4.78, 5) is 0. The van der Waals surface area contributed by atoms with Crippen LogP contribution in [0.25, 0.3) is 0 Å². The molecule has 2 aliphatic rings. The van der Waals surface area contributed by atoms with Crippen LogP contribution in [-0.2, 0) is 9.47 Å². The normalized spacial score (nSPS) is 34.7. The average molecular weight is 199 g/mol. The Labute approximate surface area is 86.2 Å². The predicted molar refractivity (Wildman–Crippen MR) is 55.3 cm³/mol. The van der Waals surface area contributed by atoms with E-state index in [4.69, 9.17) is 9.47 Å². The van der Waals surface area contributed by atoms with E-state index in [1.165, 1.54) is 12.8 Å². The molecule has 2 fully saturated rings. The Morgan fingerprint density at radius 1 is 1.43 bits per heavy atom. The number of rotatable bonds is 5. The summed E-state index contributed by atoms with van der Waals surface area (Å²) < 4.78 is 10.9. The zero-order valence-electron chi connectivity index (χ0n) is 9.16. The van der Waals surface area contributed by atoms with Gasteiger partial charge in [-0.1, -0.05) is 0 Å². The molecule has 1 aliphatic heterocycles. The van der Waals surface area contributed by atoms with Crippen LogP contribution in [0.15, 0.2) is 0 Å². The molecule has 82 valence electrons. The van der Waals surface area contributed by atoms with Crippen LogP contribution >= 0.6 is 0 Å². The Morgan fingerprint density at radius 2 is 2.21 bits per heavy atom. The van der Waals surface area contributed by atoms with Crippen molar-refractivity contribution in [2.45, 2.75) is 44.4 Å². The fourth-order valence-corrected chi connectivity index (χ4v) is 2.34. The molecule has 1 heterocycles. The Kier molecular flexibility index (Phi) is 3.42. The molecule has 0 aromatic rings. The van der Waals surface area contributed by atoms with E-state index < -0.39 is 0 Å². The summed E-state index contributed by atoms with van der Waals surface area (Å²) in [5, 5.41) is 3.60. The van der Waals surface area contributed by atoms with E-state index in [-0.39, 0.29) is 0 Å². The van der Waals surface area contributed by atoms with E-state index in [0.717, 1.165) is 25.6 Å².